The van der Waals surface area contributed by atoms with Gasteiger partial charge in [-0.3, -0.25) is 14.9 Å². The summed E-state index contributed by atoms with van der Waals surface area (Å²) < 4.78 is 0. The van der Waals surface area contributed by atoms with Crippen molar-refractivity contribution < 1.29 is 9.72 Å². The standard InChI is InChI=1S/C11H14N4O3/c1-8(16)13-11-6-9(4-5-14(2)3)10(7-12-11)15(17)18/h4-7H,1-3H3,(H,12,13,16)/b5-4+. The molecule has 1 aromatic heterocycles. The molecular weight excluding hydrogens is 236 g/mol. The van der Waals surface area contributed by atoms with Crippen molar-refractivity contribution in [2.45, 2.75) is 6.92 Å². The maximum absolute atomic E-state index is 10.9. The Balaban J connectivity index is 3.15. The first-order valence-electron chi connectivity index (χ1n) is 5.17. The highest BCUT2D eigenvalue weighted by molar-refractivity contribution is 5.88. The molecule has 7 nitrogen and oxygen atoms in total. The van der Waals surface area contributed by atoms with Gasteiger partial charge in [0.15, 0.2) is 0 Å². The van der Waals surface area contributed by atoms with Crippen LogP contribution in [0.3, 0.4) is 0 Å². The van der Waals surface area contributed by atoms with Gasteiger partial charge in [-0.05, 0) is 18.3 Å². The number of anilines is 1. The summed E-state index contributed by atoms with van der Waals surface area (Å²) in [6.07, 6.45) is 4.39. The number of amides is 1. The van der Waals surface area contributed by atoms with E-state index < -0.39 is 4.92 Å². The Bertz CT molecular complexity index is 497. The molecule has 1 amide bonds. The van der Waals surface area contributed by atoms with Gasteiger partial charge in [0.1, 0.15) is 12.0 Å². The molecule has 0 fully saturated rings. The molecule has 1 heterocycles. The number of aromatic nitrogens is 1. The van der Waals surface area contributed by atoms with Crippen molar-refractivity contribution in [3.63, 3.8) is 0 Å². The number of hydrogen-bond donors (Lipinski definition) is 1. The summed E-state index contributed by atoms with van der Waals surface area (Å²) in [5, 5.41) is 13.3. The van der Waals surface area contributed by atoms with E-state index in [1.165, 1.54) is 13.0 Å². The van der Waals surface area contributed by atoms with Crippen LogP contribution in [0.2, 0.25) is 0 Å². The maximum atomic E-state index is 10.9. The minimum atomic E-state index is -0.514. The molecule has 0 aliphatic rings. The number of rotatable bonds is 4. The lowest BCUT2D eigenvalue weighted by Crippen LogP contribution is -2.08. The van der Waals surface area contributed by atoms with Crippen LogP contribution in [0.15, 0.2) is 18.5 Å². The second-order valence-electron chi connectivity index (χ2n) is 3.85. The number of pyridine rings is 1. The molecular formula is C11H14N4O3. The van der Waals surface area contributed by atoms with Gasteiger partial charge in [0.25, 0.3) is 5.69 Å². The van der Waals surface area contributed by atoms with E-state index in [9.17, 15) is 14.9 Å². The zero-order chi connectivity index (χ0) is 13.7. The fraction of sp³-hybridized carbons (Fsp3) is 0.273. The van der Waals surface area contributed by atoms with Gasteiger partial charge in [-0.2, -0.15) is 0 Å². The molecule has 0 saturated carbocycles. The molecule has 0 radical (unpaired) electrons. The molecule has 0 spiro atoms. The van der Waals surface area contributed by atoms with E-state index in [0.717, 1.165) is 6.20 Å². The number of nitro groups is 1. The van der Waals surface area contributed by atoms with Crippen LogP contribution in [-0.2, 0) is 4.79 Å². The predicted molar refractivity (Wildman–Crippen MR) is 67.9 cm³/mol. The second kappa shape index (κ2) is 5.76. The summed E-state index contributed by atoms with van der Waals surface area (Å²) in [6, 6.07) is 1.46. The van der Waals surface area contributed by atoms with Crippen molar-refractivity contribution in [3.8, 4) is 0 Å². The zero-order valence-corrected chi connectivity index (χ0v) is 10.4. The Morgan fingerprint density at radius 3 is 2.72 bits per heavy atom. The van der Waals surface area contributed by atoms with E-state index in [2.05, 4.69) is 10.3 Å². The Labute approximate surface area is 104 Å². The van der Waals surface area contributed by atoms with Crippen LogP contribution in [0.25, 0.3) is 6.08 Å². The monoisotopic (exact) mass is 250 g/mol. The molecule has 1 rings (SSSR count). The normalized spacial score (nSPS) is 10.4. The Morgan fingerprint density at radius 1 is 1.56 bits per heavy atom. The first-order valence-corrected chi connectivity index (χ1v) is 5.17. The highest BCUT2D eigenvalue weighted by Crippen LogP contribution is 2.21. The van der Waals surface area contributed by atoms with E-state index in [4.69, 9.17) is 0 Å². The molecule has 0 aliphatic carbocycles. The van der Waals surface area contributed by atoms with Crippen molar-refractivity contribution in [3.05, 3.63) is 34.1 Å². The van der Waals surface area contributed by atoms with Gasteiger partial charge >= 0.3 is 0 Å². The fourth-order valence-electron chi connectivity index (χ4n) is 1.23. The van der Waals surface area contributed by atoms with Gasteiger partial charge in [-0.25, -0.2) is 4.98 Å². The Morgan fingerprint density at radius 2 is 2.22 bits per heavy atom. The lowest BCUT2D eigenvalue weighted by Gasteiger charge is -2.05. The van der Waals surface area contributed by atoms with Gasteiger partial charge in [-0.15, -0.1) is 0 Å². The highest BCUT2D eigenvalue weighted by atomic mass is 16.6. The van der Waals surface area contributed by atoms with Crippen molar-refractivity contribution in [1.29, 1.82) is 0 Å². The van der Waals surface area contributed by atoms with Crippen LogP contribution in [-0.4, -0.2) is 34.8 Å². The molecule has 0 unspecified atom stereocenters. The van der Waals surface area contributed by atoms with E-state index in [0.29, 0.717) is 5.56 Å². The summed E-state index contributed by atoms with van der Waals surface area (Å²) in [6.45, 7) is 1.35. The summed E-state index contributed by atoms with van der Waals surface area (Å²) in [7, 11) is 3.61. The average molecular weight is 250 g/mol. The third kappa shape index (κ3) is 3.85. The molecule has 0 aromatic carbocycles. The van der Waals surface area contributed by atoms with Crippen molar-refractivity contribution in [1.82, 2.24) is 9.88 Å². The van der Waals surface area contributed by atoms with E-state index in [1.807, 2.05) is 0 Å². The third-order valence-corrected chi connectivity index (χ3v) is 1.97. The van der Waals surface area contributed by atoms with Gasteiger partial charge < -0.3 is 10.2 Å². The summed E-state index contributed by atoms with van der Waals surface area (Å²) >= 11 is 0. The van der Waals surface area contributed by atoms with Crippen LogP contribution < -0.4 is 5.32 Å². The topological polar surface area (TPSA) is 88.4 Å². The van der Waals surface area contributed by atoms with Crippen LogP contribution in [0.5, 0.6) is 0 Å². The summed E-state index contributed by atoms with van der Waals surface area (Å²) in [5.74, 6) is 0.00500. The molecule has 0 saturated heterocycles. The Hall–Kier alpha value is -2.44. The van der Waals surface area contributed by atoms with E-state index >= 15 is 0 Å². The van der Waals surface area contributed by atoms with Crippen LogP contribution in [0, 0.1) is 10.1 Å². The molecule has 18 heavy (non-hydrogen) atoms. The second-order valence-corrected chi connectivity index (χ2v) is 3.85. The molecule has 1 aromatic rings. The van der Waals surface area contributed by atoms with Gasteiger partial charge in [0.2, 0.25) is 5.91 Å². The minimum Gasteiger partial charge on any atom is -0.383 e. The number of carbonyl (C=O) groups is 1. The fourth-order valence-corrected chi connectivity index (χ4v) is 1.23. The van der Waals surface area contributed by atoms with Gasteiger partial charge in [0.05, 0.1) is 10.5 Å². The van der Waals surface area contributed by atoms with E-state index in [1.54, 1.807) is 31.3 Å². The van der Waals surface area contributed by atoms with Crippen LogP contribution in [0.1, 0.15) is 12.5 Å². The molecule has 0 bridgehead atoms. The quantitative estimate of drug-likeness (QED) is 0.645. The predicted octanol–water partition coefficient (Wildman–Crippen LogP) is 1.48. The van der Waals surface area contributed by atoms with Gasteiger partial charge in [0, 0.05) is 21.0 Å². The average Bonchev–Trinajstić information content (AvgIpc) is 2.25. The van der Waals surface area contributed by atoms with Gasteiger partial charge in [-0.1, -0.05) is 0 Å². The zero-order valence-electron chi connectivity index (χ0n) is 10.4. The minimum absolute atomic E-state index is 0.109. The van der Waals surface area contributed by atoms with Crippen molar-refractivity contribution in [2.75, 3.05) is 19.4 Å². The van der Waals surface area contributed by atoms with Crippen LogP contribution in [0.4, 0.5) is 11.5 Å². The van der Waals surface area contributed by atoms with Crippen LogP contribution >= 0.6 is 0 Å². The molecule has 1 N–H and O–H groups in total. The Kier molecular flexibility index (Phi) is 4.36. The first-order chi connectivity index (χ1) is 8.40. The smallest absolute Gasteiger partial charge is 0.294 e. The number of carbonyl (C=O) groups excluding carboxylic acids is 1. The first kappa shape index (κ1) is 13.6. The molecule has 0 atom stereocenters. The highest BCUT2D eigenvalue weighted by Gasteiger charge is 2.13. The summed E-state index contributed by atoms with van der Waals surface area (Å²) in [4.78, 5) is 26.8. The largest absolute Gasteiger partial charge is 0.383 e. The number of nitrogens with zero attached hydrogens (tertiary/aromatic N) is 3. The van der Waals surface area contributed by atoms with Crippen molar-refractivity contribution in [2.24, 2.45) is 0 Å². The lowest BCUT2D eigenvalue weighted by atomic mass is 10.2. The number of nitrogens with one attached hydrogen (secondary N) is 1. The number of hydrogen-bond acceptors (Lipinski definition) is 5. The SMILES string of the molecule is CC(=O)Nc1cc(/C=C/N(C)C)c([N+](=O)[O-])cn1. The lowest BCUT2D eigenvalue weighted by molar-refractivity contribution is -0.385. The van der Waals surface area contributed by atoms with Crippen molar-refractivity contribution >= 4 is 23.5 Å². The molecule has 96 valence electrons. The van der Waals surface area contributed by atoms with E-state index in [-0.39, 0.29) is 17.4 Å². The molecule has 7 heteroatoms. The molecule has 0 aliphatic heterocycles. The maximum Gasteiger partial charge on any atom is 0.294 e. The summed E-state index contributed by atoms with van der Waals surface area (Å²) in [5.41, 5.74) is 0.273. The third-order valence-electron chi connectivity index (χ3n) is 1.97.